The Hall–Kier alpha value is -0.380. The van der Waals surface area contributed by atoms with E-state index in [0.717, 1.165) is 17.4 Å². The third-order valence-electron chi connectivity index (χ3n) is 3.20. The van der Waals surface area contributed by atoms with E-state index in [-0.39, 0.29) is 11.6 Å². The molecular weight excluding hydrogens is 290 g/mol. The lowest BCUT2D eigenvalue weighted by Gasteiger charge is -2.26. The van der Waals surface area contributed by atoms with E-state index < -0.39 is 0 Å². The van der Waals surface area contributed by atoms with Crippen molar-refractivity contribution in [2.45, 2.75) is 52.4 Å². The molecule has 1 aromatic carbocycles. The van der Waals surface area contributed by atoms with E-state index >= 15 is 0 Å². The molecule has 18 heavy (non-hydrogen) atoms. The number of ether oxygens (including phenoxy) is 1. The number of halogens is 1. The van der Waals surface area contributed by atoms with Crippen molar-refractivity contribution in [1.29, 1.82) is 0 Å². The molecule has 0 amide bonds. The van der Waals surface area contributed by atoms with Crippen molar-refractivity contribution in [1.82, 2.24) is 5.32 Å². The van der Waals surface area contributed by atoms with Crippen LogP contribution < -0.4 is 5.32 Å². The first-order chi connectivity index (χ1) is 8.43. The monoisotopic (exact) mass is 313 g/mol. The molecule has 0 saturated heterocycles. The van der Waals surface area contributed by atoms with Gasteiger partial charge < -0.3 is 10.1 Å². The fourth-order valence-electron chi connectivity index (χ4n) is 1.42. The third-order valence-corrected chi connectivity index (χ3v) is 3.73. The zero-order valence-corrected chi connectivity index (χ0v) is 13.4. The van der Waals surface area contributed by atoms with E-state index in [4.69, 9.17) is 4.74 Å². The highest BCUT2D eigenvalue weighted by Gasteiger charge is 2.15. The number of hydrogen-bond donors (Lipinski definition) is 1. The van der Waals surface area contributed by atoms with Crippen molar-refractivity contribution in [2.24, 2.45) is 0 Å². The zero-order valence-electron chi connectivity index (χ0n) is 11.8. The molecule has 1 rings (SSSR count). The summed E-state index contributed by atoms with van der Waals surface area (Å²) in [5.74, 6) is 0. The van der Waals surface area contributed by atoms with Crippen molar-refractivity contribution in [3.05, 3.63) is 34.3 Å². The maximum absolute atomic E-state index is 5.83. The van der Waals surface area contributed by atoms with Gasteiger partial charge in [-0.1, -0.05) is 35.0 Å². The van der Waals surface area contributed by atoms with Crippen molar-refractivity contribution in [3.63, 3.8) is 0 Å². The summed E-state index contributed by atoms with van der Waals surface area (Å²) in [7, 11) is 0. The van der Waals surface area contributed by atoms with E-state index in [1.165, 1.54) is 5.56 Å². The fraction of sp³-hybridized carbons (Fsp3) is 0.600. The van der Waals surface area contributed by atoms with Crippen LogP contribution in [-0.4, -0.2) is 18.2 Å². The predicted molar refractivity (Wildman–Crippen MR) is 80.8 cm³/mol. The Morgan fingerprint density at radius 1 is 1.28 bits per heavy atom. The molecular formula is C15H24BrNO. The minimum absolute atomic E-state index is 0.190. The van der Waals surface area contributed by atoms with Gasteiger partial charge in [0.1, 0.15) is 0 Å². The van der Waals surface area contributed by atoms with Crippen LogP contribution in [0.3, 0.4) is 0 Å². The van der Waals surface area contributed by atoms with Crippen LogP contribution in [0.15, 0.2) is 28.7 Å². The van der Waals surface area contributed by atoms with Crippen LogP contribution >= 0.6 is 15.9 Å². The summed E-state index contributed by atoms with van der Waals surface area (Å²) in [6.45, 7) is 10.3. The van der Waals surface area contributed by atoms with E-state index in [1.54, 1.807) is 0 Å². The third kappa shape index (κ3) is 5.98. The summed E-state index contributed by atoms with van der Waals surface area (Å²) in [6, 6.07) is 8.25. The number of nitrogens with one attached hydrogen (secondary N) is 1. The summed E-state index contributed by atoms with van der Waals surface area (Å²) in [4.78, 5) is 0. The van der Waals surface area contributed by atoms with Crippen LogP contribution in [0.4, 0.5) is 0 Å². The van der Waals surface area contributed by atoms with E-state index in [1.807, 2.05) is 12.1 Å². The van der Waals surface area contributed by atoms with Crippen LogP contribution in [0.25, 0.3) is 0 Å². The smallest absolute Gasteiger partial charge is 0.0721 e. The van der Waals surface area contributed by atoms with Crippen LogP contribution in [0.2, 0.25) is 0 Å². The Morgan fingerprint density at radius 3 is 2.44 bits per heavy atom. The van der Waals surface area contributed by atoms with Gasteiger partial charge in [0, 0.05) is 16.6 Å². The maximum Gasteiger partial charge on any atom is 0.0721 e. The van der Waals surface area contributed by atoms with Crippen LogP contribution in [-0.2, 0) is 11.3 Å². The highest BCUT2D eigenvalue weighted by Crippen LogP contribution is 2.12. The molecule has 0 saturated carbocycles. The summed E-state index contributed by atoms with van der Waals surface area (Å²) in [6.07, 6.45) is 1.34. The highest BCUT2D eigenvalue weighted by atomic mass is 79.9. The largest absolute Gasteiger partial charge is 0.373 e. The number of hydrogen-bond acceptors (Lipinski definition) is 2. The van der Waals surface area contributed by atoms with Crippen molar-refractivity contribution in [3.8, 4) is 0 Å². The Labute approximate surface area is 119 Å². The molecule has 0 aliphatic carbocycles. The first kappa shape index (κ1) is 15.7. The molecule has 1 aromatic rings. The second kappa shape index (κ2) is 7.27. The molecule has 0 radical (unpaired) electrons. The number of rotatable bonds is 7. The fourth-order valence-corrected chi connectivity index (χ4v) is 1.69. The lowest BCUT2D eigenvalue weighted by atomic mass is 10.0. The van der Waals surface area contributed by atoms with Crippen molar-refractivity contribution in [2.75, 3.05) is 6.54 Å². The minimum Gasteiger partial charge on any atom is -0.373 e. The van der Waals surface area contributed by atoms with Gasteiger partial charge in [-0.05, 0) is 44.9 Å². The Bertz CT molecular complexity index is 348. The molecule has 2 nitrogen and oxygen atoms in total. The quantitative estimate of drug-likeness (QED) is 0.817. The average Bonchev–Trinajstić information content (AvgIpc) is 2.36. The molecule has 0 aromatic heterocycles. The van der Waals surface area contributed by atoms with Gasteiger partial charge in [0.2, 0.25) is 0 Å². The molecule has 0 spiro atoms. The Balaban J connectivity index is 2.29. The molecule has 0 fully saturated rings. The van der Waals surface area contributed by atoms with Crippen LogP contribution in [0, 0.1) is 0 Å². The van der Waals surface area contributed by atoms with Crippen LogP contribution in [0.5, 0.6) is 0 Å². The summed E-state index contributed by atoms with van der Waals surface area (Å²) >= 11 is 3.43. The lowest BCUT2D eigenvalue weighted by Crippen LogP contribution is -2.42. The van der Waals surface area contributed by atoms with Gasteiger partial charge in [-0.2, -0.15) is 0 Å². The topological polar surface area (TPSA) is 21.3 Å². The first-order valence-corrected chi connectivity index (χ1v) is 7.33. The predicted octanol–water partition coefficient (Wildman–Crippen LogP) is 4.13. The first-order valence-electron chi connectivity index (χ1n) is 6.54. The van der Waals surface area contributed by atoms with E-state index in [0.29, 0.717) is 6.61 Å². The molecule has 1 N–H and O–H groups in total. The van der Waals surface area contributed by atoms with Crippen molar-refractivity contribution >= 4 is 15.9 Å². The van der Waals surface area contributed by atoms with Gasteiger partial charge in [-0.15, -0.1) is 0 Å². The Kier molecular flexibility index (Phi) is 6.33. The van der Waals surface area contributed by atoms with E-state index in [9.17, 15) is 0 Å². The minimum atomic E-state index is 0.190. The molecule has 0 bridgehead atoms. The molecule has 1 unspecified atom stereocenters. The normalized spacial score (nSPS) is 13.6. The summed E-state index contributed by atoms with van der Waals surface area (Å²) in [5, 5.41) is 3.52. The molecule has 0 heterocycles. The maximum atomic E-state index is 5.83. The van der Waals surface area contributed by atoms with Gasteiger partial charge in [-0.25, -0.2) is 0 Å². The van der Waals surface area contributed by atoms with E-state index in [2.05, 4.69) is 61.1 Å². The second-order valence-corrected chi connectivity index (χ2v) is 6.28. The Morgan fingerprint density at radius 2 is 1.89 bits per heavy atom. The summed E-state index contributed by atoms with van der Waals surface area (Å²) < 4.78 is 6.93. The standard InChI is InChI=1S/C15H24BrNO/c1-5-15(3,4)17-10-12(2)18-11-13-6-8-14(16)9-7-13/h6-9,12,17H,5,10-11H2,1-4H3. The number of benzene rings is 1. The lowest BCUT2D eigenvalue weighted by molar-refractivity contribution is 0.0483. The van der Waals surface area contributed by atoms with Gasteiger partial charge in [0.05, 0.1) is 12.7 Å². The molecule has 102 valence electrons. The SMILES string of the molecule is CCC(C)(C)NCC(C)OCc1ccc(Br)cc1. The van der Waals surface area contributed by atoms with Gasteiger partial charge >= 0.3 is 0 Å². The average molecular weight is 314 g/mol. The summed E-state index contributed by atoms with van der Waals surface area (Å²) in [5.41, 5.74) is 1.40. The molecule has 3 heteroatoms. The van der Waals surface area contributed by atoms with Gasteiger partial charge in [-0.3, -0.25) is 0 Å². The second-order valence-electron chi connectivity index (χ2n) is 5.37. The molecule has 0 aliphatic rings. The highest BCUT2D eigenvalue weighted by molar-refractivity contribution is 9.10. The molecule has 1 atom stereocenters. The van der Waals surface area contributed by atoms with Gasteiger partial charge in [0.25, 0.3) is 0 Å². The molecule has 0 aliphatic heterocycles. The van der Waals surface area contributed by atoms with Gasteiger partial charge in [0.15, 0.2) is 0 Å². The zero-order chi connectivity index (χ0) is 13.6. The van der Waals surface area contributed by atoms with Crippen molar-refractivity contribution < 1.29 is 4.74 Å². The van der Waals surface area contributed by atoms with Crippen LogP contribution in [0.1, 0.15) is 39.7 Å².